The number of hydrogen-bond acceptors (Lipinski definition) is 3. The maximum atomic E-state index is 12.6. The van der Waals surface area contributed by atoms with E-state index >= 15 is 0 Å². The molecule has 1 saturated carbocycles. The van der Waals surface area contributed by atoms with Gasteiger partial charge in [-0.25, -0.2) is 0 Å². The zero-order valence-electron chi connectivity index (χ0n) is 11.6. The summed E-state index contributed by atoms with van der Waals surface area (Å²) in [5.41, 5.74) is 7.37. The topological polar surface area (TPSA) is 68.0 Å². The Morgan fingerprint density at radius 3 is 2.63 bits per heavy atom. The second-order valence-corrected chi connectivity index (χ2v) is 5.54. The van der Waals surface area contributed by atoms with Crippen LogP contribution in [0.25, 0.3) is 0 Å². The molecule has 1 heterocycles. The zero-order valence-corrected chi connectivity index (χ0v) is 11.6. The molecular weight excluding hydrogens is 238 g/mol. The molecule has 0 aliphatic heterocycles. The van der Waals surface area contributed by atoms with Crippen molar-refractivity contribution in [3.63, 3.8) is 0 Å². The predicted octanol–water partition coefficient (Wildman–Crippen LogP) is 2.63. The third-order valence-electron chi connectivity index (χ3n) is 4.20. The Bertz CT molecular complexity index is 437. The van der Waals surface area contributed by atoms with Gasteiger partial charge in [0.05, 0.1) is 5.41 Å². The van der Waals surface area contributed by atoms with Gasteiger partial charge in [0.2, 0.25) is 5.91 Å². The lowest BCUT2D eigenvalue weighted by molar-refractivity contribution is -0.125. The first kappa shape index (κ1) is 14.0. The highest BCUT2D eigenvalue weighted by Crippen LogP contribution is 2.35. The molecule has 0 saturated heterocycles. The van der Waals surface area contributed by atoms with Crippen molar-refractivity contribution in [1.82, 2.24) is 4.98 Å². The summed E-state index contributed by atoms with van der Waals surface area (Å²) in [5, 5.41) is 3.04. The molecule has 1 aliphatic rings. The predicted molar refractivity (Wildman–Crippen MR) is 76.8 cm³/mol. The van der Waals surface area contributed by atoms with Crippen LogP contribution in [-0.4, -0.2) is 17.4 Å². The van der Waals surface area contributed by atoms with E-state index in [4.69, 9.17) is 5.73 Å². The van der Waals surface area contributed by atoms with E-state index < -0.39 is 0 Å². The summed E-state index contributed by atoms with van der Waals surface area (Å²) < 4.78 is 0. The Hall–Kier alpha value is -1.42. The normalized spacial score (nSPS) is 18.6. The Morgan fingerprint density at radius 2 is 2.05 bits per heavy atom. The Morgan fingerprint density at radius 1 is 1.37 bits per heavy atom. The maximum absolute atomic E-state index is 12.6. The van der Waals surface area contributed by atoms with Gasteiger partial charge in [-0.3, -0.25) is 9.78 Å². The van der Waals surface area contributed by atoms with Crippen molar-refractivity contribution in [3.05, 3.63) is 24.0 Å². The van der Waals surface area contributed by atoms with E-state index in [9.17, 15) is 4.79 Å². The van der Waals surface area contributed by atoms with Crippen LogP contribution in [0.5, 0.6) is 0 Å². The number of hydrogen-bond donors (Lipinski definition) is 2. The van der Waals surface area contributed by atoms with Crippen LogP contribution in [0.4, 0.5) is 5.69 Å². The fourth-order valence-electron chi connectivity index (χ4n) is 2.80. The van der Waals surface area contributed by atoms with Crippen LogP contribution in [0.3, 0.4) is 0 Å². The van der Waals surface area contributed by atoms with Crippen molar-refractivity contribution in [3.8, 4) is 0 Å². The van der Waals surface area contributed by atoms with Crippen LogP contribution in [0, 0.1) is 12.3 Å². The molecule has 1 aliphatic carbocycles. The average molecular weight is 261 g/mol. The molecule has 0 bridgehead atoms. The molecule has 0 spiro atoms. The molecule has 19 heavy (non-hydrogen) atoms. The number of pyridine rings is 1. The SMILES string of the molecule is Cc1cnccc1NC(=O)C1(CN)CCCCCC1. The molecule has 0 atom stereocenters. The van der Waals surface area contributed by atoms with E-state index in [2.05, 4.69) is 10.3 Å². The fraction of sp³-hybridized carbons (Fsp3) is 0.600. The summed E-state index contributed by atoms with van der Waals surface area (Å²) in [6.45, 7) is 2.38. The smallest absolute Gasteiger partial charge is 0.231 e. The minimum atomic E-state index is -0.383. The first-order chi connectivity index (χ1) is 9.18. The number of aromatic nitrogens is 1. The van der Waals surface area contributed by atoms with Gasteiger partial charge in [-0.1, -0.05) is 25.7 Å². The van der Waals surface area contributed by atoms with Crippen LogP contribution in [-0.2, 0) is 4.79 Å². The summed E-state index contributed by atoms with van der Waals surface area (Å²) in [7, 11) is 0. The second kappa shape index (κ2) is 6.15. The zero-order chi connectivity index (χ0) is 13.7. The van der Waals surface area contributed by atoms with Gasteiger partial charge in [0.1, 0.15) is 0 Å². The highest BCUT2D eigenvalue weighted by Gasteiger charge is 2.37. The van der Waals surface area contributed by atoms with Crippen LogP contribution >= 0.6 is 0 Å². The third-order valence-corrected chi connectivity index (χ3v) is 4.20. The molecule has 0 radical (unpaired) electrons. The standard InChI is InChI=1S/C15H23N3O/c1-12-10-17-9-6-13(12)18-14(19)15(11-16)7-4-2-3-5-8-15/h6,9-10H,2-5,7-8,11,16H2,1H3,(H,17,18,19). The van der Waals surface area contributed by atoms with E-state index in [0.29, 0.717) is 6.54 Å². The molecular formula is C15H23N3O. The van der Waals surface area contributed by atoms with Gasteiger partial charge >= 0.3 is 0 Å². The molecule has 3 N–H and O–H groups in total. The first-order valence-corrected chi connectivity index (χ1v) is 7.10. The largest absolute Gasteiger partial charge is 0.329 e. The first-order valence-electron chi connectivity index (χ1n) is 7.10. The number of nitrogens with one attached hydrogen (secondary N) is 1. The van der Waals surface area contributed by atoms with Crippen LogP contribution in [0.2, 0.25) is 0 Å². The summed E-state index contributed by atoms with van der Waals surface area (Å²) in [6, 6.07) is 1.84. The van der Waals surface area contributed by atoms with E-state index in [-0.39, 0.29) is 11.3 Å². The van der Waals surface area contributed by atoms with Crippen LogP contribution in [0.1, 0.15) is 44.1 Å². The Labute approximate surface area is 114 Å². The van der Waals surface area contributed by atoms with Crippen molar-refractivity contribution >= 4 is 11.6 Å². The van der Waals surface area contributed by atoms with Gasteiger partial charge in [-0.2, -0.15) is 0 Å². The van der Waals surface area contributed by atoms with Gasteiger partial charge in [0.15, 0.2) is 0 Å². The summed E-state index contributed by atoms with van der Waals surface area (Å²) in [5.74, 6) is 0.0752. The number of amides is 1. The molecule has 4 nitrogen and oxygen atoms in total. The molecule has 2 rings (SSSR count). The molecule has 1 aromatic heterocycles. The van der Waals surface area contributed by atoms with Crippen molar-refractivity contribution in [2.24, 2.45) is 11.1 Å². The highest BCUT2D eigenvalue weighted by atomic mass is 16.2. The van der Waals surface area contributed by atoms with Gasteiger partial charge in [0, 0.05) is 24.6 Å². The summed E-state index contributed by atoms with van der Waals surface area (Å²) in [4.78, 5) is 16.7. The maximum Gasteiger partial charge on any atom is 0.231 e. The van der Waals surface area contributed by atoms with Crippen molar-refractivity contribution in [2.75, 3.05) is 11.9 Å². The highest BCUT2D eigenvalue weighted by molar-refractivity contribution is 5.96. The molecule has 104 valence electrons. The van der Waals surface area contributed by atoms with Crippen molar-refractivity contribution in [2.45, 2.75) is 45.4 Å². The van der Waals surface area contributed by atoms with E-state index in [1.54, 1.807) is 12.4 Å². The van der Waals surface area contributed by atoms with Crippen molar-refractivity contribution in [1.29, 1.82) is 0 Å². The van der Waals surface area contributed by atoms with Crippen molar-refractivity contribution < 1.29 is 4.79 Å². The average Bonchev–Trinajstić information content (AvgIpc) is 2.67. The lowest BCUT2D eigenvalue weighted by atomic mass is 9.79. The lowest BCUT2D eigenvalue weighted by Gasteiger charge is -2.30. The number of nitrogens with two attached hydrogens (primary N) is 1. The number of aryl methyl sites for hydroxylation is 1. The number of carbonyl (C=O) groups excluding carboxylic acids is 1. The van der Waals surface area contributed by atoms with Gasteiger partial charge in [-0.05, 0) is 31.4 Å². The minimum Gasteiger partial charge on any atom is -0.329 e. The van der Waals surface area contributed by atoms with Crippen LogP contribution < -0.4 is 11.1 Å². The number of rotatable bonds is 3. The van der Waals surface area contributed by atoms with E-state index in [0.717, 1.165) is 36.9 Å². The van der Waals surface area contributed by atoms with Gasteiger partial charge in [0.25, 0.3) is 0 Å². The molecule has 0 unspecified atom stereocenters. The Balaban J connectivity index is 2.14. The van der Waals surface area contributed by atoms with Crippen LogP contribution in [0.15, 0.2) is 18.5 Å². The molecule has 1 aromatic rings. The third kappa shape index (κ3) is 3.13. The molecule has 1 amide bonds. The second-order valence-electron chi connectivity index (χ2n) is 5.54. The summed E-state index contributed by atoms with van der Waals surface area (Å²) in [6.07, 6.45) is 9.88. The molecule has 0 aromatic carbocycles. The minimum absolute atomic E-state index is 0.0752. The molecule has 4 heteroatoms. The van der Waals surface area contributed by atoms with Gasteiger partial charge in [-0.15, -0.1) is 0 Å². The monoisotopic (exact) mass is 261 g/mol. The number of carbonyl (C=O) groups is 1. The Kier molecular flexibility index (Phi) is 4.53. The fourth-order valence-corrected chi connectivity index (χ4v) is 2.80. The molecule has 1 fully saturated rings. The summed E-state index contributed by atoms with van der Waals surface area (Å²) >= 11 is 0. The van der Waals surface area contributed by atoms with Gasteiger partial charge < -0.3 is 11.1 Å². The van der Waals surface area contributed by atoms with E-state index in [1.165, 1.54) is 12.8 Å². The number of anilines is 1. The lowest BCUT2D eigenvalue weighted by Crippen LogP contribution is -2.42. The van der Waals surface area contributed by atoms with E-state index in [1.807, 2.05) is 13.0 Å². The number of nitrogens with zero attached hydrogens (tertiary/aromatic N) is 1. The quantitative estimate of drug-likeness (QED) is 0.822.